The highest BCUT2D eigenvalue weighted by Gasteiger charge is 2.29. The van der Waals surface area contributed by atoms with Crippen LogP contribution in [0, 0.1) is 0 Å². The topological polar surface area (TPSA) is 62.1 Å². The van der Waals surface area contributed by atoms with Crippen molar-refractivity contribution < 1.29 is 9.59 Å². The second kappa shape index (κ2) is 3.91. The van der Waals surface area contributed by atoms with Crippen LogP contribution in [0.3, 0.4) is 0 Å². The minimum absolute atomic E-state index is 0.176. The molecule has 0 bridgehead atoms. The summed E-state index contributed by atoms with van der Waals surface area (Å²) >= 11 is 1.52. The van der Waals surface area contributed by atoms with Gasteiger partial charge in [0.15, 0.2) is 5.84 Å². The zero-order valence-electron chi connectivity index (χ0n) is 7.39. The molecule has 0 atom stereocenters. The molecule has 2 aliphatic heterocycles. The number of carbonyl (C=O) groups is 2. The number of carbonyl (C=O) groups excluding carboxylic acids is 2. The predicted octanol–water partition coefficient (Wildman–Crippen LogP) is 0.144. The SMILES string of the molecule is O=C1N=[C]N=C(N2CCCCS2)C1=O. The minimum Gasteiger partial charge on any atom is -0.297 e. The first-order chi connectivity index (χ1) is 6.79. The lowest BCUT2D eigenvalue weighted by molar-refractivity contribution is -0.132. The average Bonchev–Trinajstić information content (AvgIpc) is 2.23. The van der Waals surface area contributed by atoms with Gasteiger partial charge in [-0.05, 0) is 24.8 Å². The maximum Gasteiger partial charge on any atom is 0.323 e. The molecule has 73 valence electrons. The van der Waals surface area contributed by atoms with E-state index in [2.05, 4.69) is 16.3 Å². The van der Waals surface area contributed by atoms with Crippen molar-refractivity contribution in [1.82, 2.24) is 4.31 Å². The van der Waals surface area contributed by atoms with Crippen LogP contribution in [-0.2, 0) is 9.59 Å². The van der Waals surface area contributed by atoms with Crippen molar-refractivity contribution in [3.8, 4) is 0 Å². The Labute approximate surface area is 85.4 Å². The van der Waals surface area contributed by atoms with Crippen molar-refractivity contribution in [3.63, 3.8) is 0 Å². The third-order valence-electron chi connectivity index (χ3n) is 1.94. The Morgan fingerprint density at radius 3 is 2.93 bits per heavy atom. The van der Waals surface area contributed by atoms with E-state index < -0.39 is 11.7 Å². The molecule has 0 aromatic carbocycles. The first kappa shape index (κ1) is 9.39. The Morgan fingerprint density at radius 1 is 1.36 bits per heavy atom. The van der Waals surface area contributed by atoms with Gasteiger partial charge in [0, 0.05) is 12.3 Å². The summed E-state index contributed by atoms with van der Waals surface area (Å²) in [7, 11) is 0. The van der Waals surface area contributed by atoms with E-state index >= 15 is 0 Å². The Bertz CT molecular complexity index is 331. The maximum atomic E-state index is 11.4. The monoisotopic (exact) mass is 210 g/mol. The van der Waals surface area contributed by atoms with Crippen LogP contribution in [0.15, 0.2) is 9.98 Å². The molecule has 14 heavy (non-hydrogen) atoms. The van der Waals surface area contributed by atoms with E-state index in [9.17, 15) is 9.59 Å². The highest BCUT2D eigenvalue weighted by Crippen LogP contribution is 2.20. The van der Waals surface area contributed by atoms with E-state index in [-0.39, 0.29) is 5.84 Å². The van der Waals surface area contributed by atoms with Gasteiger partial charge in [0.25, 0.3) is 5.78 Å². The molecule has 0 spiro atoms. The lowest BCUT2D eigenvalue weighted by Crippen LogP contribution is -2.39. The van der Waals surface area contributed by atoms with Gasteiger partial charge < -0.3 is 0 Å². The first-order valence-corrected chi connectivity index (χ1v) is 5.26. The van der Waals surface area contributed by atoms with E-state index in [1.807, 2.05) is 0 Å². The summed E-state index contributed by atoms with van der Waals surface area (Å²) < 4.78 is 1.76. The molecule has 1 amide bonds. The van der Waals surface area contributed by atoms with Crippen molar-refractivity contribution in [2.45, 2.75) is 12.8 Å². The van der Waals surface area contributed by atoms with Crippen molar-refractivity contribution in [3.05, 3.63) is 0 Å². The maximum absolute atomic E-state index is 11.4. The van der Waals surface area contributed by atoms with E-state index in [1.54, 1.807) is 4.31 Å². The standard InChI is InChI=1S/C8H8N3O2S/c12-6-7(9-5-10-8(6)13)11-3-1-2-4-14-11/h1-4H2. The number of aliphatic imine (C=N–C) groups is 2. The number of Topliss-reactive ketones (excluding diaryl/α,β-unsaturated/α-hetero) is 1. The third kappa shape index (κ3) is 1.70. The fourth-order valence-electron chi connectivity index (χ4n) is 1.25. The fourth-order valence-corrected chi connectivity index (χ4v) is 2.31. The highest BCUT2D eigenvalue weighted by molar-refractivity contribution is 7.97. The number of rotatable bonds is 0. The van der Waals surface area contributed by atoms with Crippen LogP contribution in [0.25, 0.3) is 0 Å². The second-order valence-corrected chi connectivity index (χ2v) is 4.03. The van der Waals surface area contributed by atoms with E-state index in [1.165, 1.54) is 11.9 Å². The molecule has 1 fully saturated rings. The molecule has 0 aromatic rings. The third-order valence-corrected chi connectivity index (χ3v) is 3.08. The molecule has 2 aliphatic rings. The van der Waals surface area contributed by atoms with Gasteiger partial charge in [0.05, 0.1) is 0 Å². The Kier molecular flexibility index (Phi) is 2.62. The number of amides is 1. The number of hydrogen-bond donors (Lipinski definition) is 0. The van der Waals surface area contributed by atoms with Crippen LogP contribution in [0.5, 0.6) is 0 Å². The van der Waals surface area contributed by atoms with Gasteiger partial charge in [0.1, 0.15) is 0 Å². The number of amidine groups is 1. The van der Waals surface area contributed by atoms with Gasteiger partial charge in [-0.15, -0.1) is 0 Å². The number of nitrogens with zero attached hydrogens (tertiary/aromatic N) is 3. The predicted molar refractivity (Wildman–Crippen MR) is 53.3 cm³/mol. The number of hydrogen-bond acceptors (Lipinski definition) is 5. The minimum atomic E-state index is -0.777. The van der Waals surface area contributed by atoms with Crippen LogP contribution >= 0.6 is 11.9 Å². The largest absolute Gasteiger partial charge is 0.323 e. The molecule has 6 heteroatoms. The average molecular weight is 210 g/mol. The van der Waals surface area contributed by atoms with E-state index in [0.29, 0.717) is 0 Å². The molecule has 0 unspecified atom stereocenters. The first-order valence-electron chi connectivity index (χ1n) is 4.31. The Balaban J connectivity index is 2.16. The molecule has 0 aliphatic carbocycles. The Hall–Kier alpha value is -1.17. The second-order valence-electron chi connectivity index (χ2n) is 2.92. The molecule has 1 radical (unpaired) electrons. The molecule has 0 aromatic heterocycles. The van der Waals surface area contributed by atoms with Gasteiger partial charge in [-0.1, -0.05) is 0 Å². The molecule has 0 N–H and O–H groups in total. The van der Waals surface area contributed by atoms with Crippen LogP contribution in [0.1, 0.15) is 12.8 Å². The molecule has 0 saturated carbocycles. The molecule has 5 nitrogen and oxygen atoms in total. The van der Waals surface area contributed by atoms with Crippen molar-refractivity contribution in [2.24, 2.45) is 9.98 Å². The molecule has 2 rings (SSSR count). The van der Waals surface area contributed by atoms with Crippen molar-refractivity contribution in [1.29, 1.82) is 0 Å². The zero-order valence-corrected chi connectivity index (χ0v) is 8.21. The Morgan fingerprint density at radius 2 is 2.21 bits per heavy atom. The zero-order chi connectivity index (χ0) is 9.97. The van der Waals surface area contributed by atoms with Gasteiger partial charge in [-0.25, -0.2) is 4.99 Å². The summed E-state index contributed by atoms with van der Waals surface area (Å²) in [6, 6.07) is 0. The van der Waals surface area contributed by atoms with Gasteiger partial charge >= 0.3 is 5.91 Å². The molecule has 2 heterocycles. The van der Waals surface area contributed by atoms with Crippen LogP contribution in [0.2, 0.25) is 0 Å². The van der Waals surface area contributed by atoms with Crippen molar-refractivity contribution in [2.75, 3.05) is 12.3 Å². The normalized spacial score (nSPS) is 22.6. The summed E-state index contributed by atoms with van der Waals surface area (Å²) in [5.74, 6) is -0.272. The van der Waals surface area contributed by atoms with E-state index in [4.69, 9.17) is 0 Å². The molecular formula is C8H8N3O2S. The van der Waals surface area contributed by atoms with Gasteiger partial charge in [-0.2, -0.15) is 4.99 Å². The summed E-state index contributed by atoms with van der Waals surface area (Å²) in [5, 5.41) is 0. The van der Waals surface area contributed by atoms with Gasteiger partial charge in [0.2, 0.25) is 6.34 Å². The van der Waals surface area contributed by atoms with E-state index in [0.717, 1.165) is 25.1 Å². The summed E-state index contributed by atoms with van der Waals surface area (Å²) in [5.41, 5.74) is 0. The van der Waals surface area contributed by atoms with Crippen LogP contribution < -0.4 is 0 Å². The van der Waals surface area contributed by atoms with Crippen LogP contribution in [-0.4, -0.2) is 40.5 Å². The lowest BCUT2D eigenvalue weighted by atomic mass is 10.3. The fraction of sp³-hybridized carbons (Fsp3) is 0.500. The molecule has 1 saturated heterocycles. The highest BCUT2D eigenvalue weighted by atomic mass is 32.2. The summed E-state index contributed by atoms with van der Waals surface area (Å²) in [4.78, 5) is 29.2. The van der Waals surface area contributed by atoms with Crippen LogP contribution in [0.4, 0.5) is 0 Å². The van der Waals surface area contributed by atoms with Gasteiger partial charge in [-0.3, -0.25) is 13.9 Å². The summed E-state index contributed by atoms with van der Waals surface area (Å²) in [6.45, 7) is 0.754. The molecular weight excluding hydrogens is 202 g/mol. The summed E-state index contributed by atoms with van der Waals surface area (Å²) in [6.07, 6.45) is 4.35. The van der Waals surface area contributed by atoms with Crippen molar-refractivity contribution >= 4 is 35.8 Å². The number of ketones is 1. The quantitative estimate of drug-likeness (QED) is 0.421. The smallest absolute Gasteiger partial charge is 0.297 e. The lowest BCUT2D eigenvalue weighted by Gasteiger charge is -2.26.